The van der Waals surface area contributed by atoms with Crippen LogP contribution in [-0.2, 0) is 6.54 Å². The fraction of sp³-hybridized carbons (Fsp3) is 0.500. The maximum atomic E-state index is 10.3. The van der Waals surface area contributed by atoms with Gasteiger partial charge >= 0.3 is 0 Å². The van der Waals surface area contributed by atoms with E-state index in [1.807, 2.05) is 45.2 Å². The van der Waals surface area contributed by atoms with Crippen LogP contribution >= 0.6 is 0 Å². The Labute approximate surface area is 142 Å². The lowest BCUT2D eigenvalue weighted by Crippen LogP contribution is -2.41. The van der Waals surface area contributed by atoms with Crippen LogP contribution < -0.4 is 14.8 Å². The molecule has 2 aromatic rings. The van der Waals surface area contributed by atoms with Gasteiger partial charge in [-0.25, -0.2) is 0 Å². The van der Waals surface area contributed by atoms with Gasteiger partial charge in [-0.05, 0) is 31.0 Å². The molecule has 3 rings (SSSR count). The molecular weight excluding hydrogens is 306 g/mol. The van der Waals surface area contributed by atoms with Gasteiger partial charge in [0.25, 0.3) is 0 Å². The van der Waals surface area contributed by atoms with Crippen LogP contribution in [0.15, 0.2) is 24.4 Å². The van der Waals surface area contributed by atoms with Crippen molar-refractivity contribution in [3.63, 3.8) is 0 Å². The third kappa shape index (κ3) is 3.55. The Balaban J connectivity index is 1.71. The number of hydrogen-bond donors (Lipinski definition) is 3. The molecule has 1 aliphatic rings. The number of fused-ring (bicyclic) bond motifs is 1. The maximum absolute atomic E-state index is 10.3. The first-order valence-corrected chi connectivity index (χ1v) is 8.33. The van der Waals surface area contributed by atoms with Gasteiger partial charge in [-0.2, -0.15) is 5.10 Å². The number of nitrogens with one attached hydrogen (secondary N) is 2. The van der Waals surface area contributed by atoms with Crippen molar-refractivity contribution in [2.75, 3.05) is 19.8 Å². The van der Waals surface area contributed by atoms with Crippen LogP contribution in [-0.4, -0.2) is 40.7 Å². The summed E-state index contributed by atoms with van der Waals surface area (Å²) >= 11 is 0. The molecule has 1 atom stereocenters. The van der Waals surface area contributed by atoms with Gasteiger partial charge in [-0.1, -0.05) is 13.8 Å². The average molecular weight is 331 g/mol. The zero-order valence-electron chi connectivity index (χ0n) is 14.4. The summed E-state index contributed by atoms with van der Waals surface area (Å²) in [5.74, 6) is 1.72. The van der Waals surface area contributed by atoms with Crippen LogP contribution in [0.2, 0.25) is 0 Å². The van der Waals surface area contributed by atoms with E-state index in [2.05, 4.69) is 15.5 Å². The molecule has 0 amide bonds. The molecule has 130 valence electrons. The number of nitrogens with zero attached hydrogens (tertiary/aromatic N) is 1. The molecule has 0 saturated heterocycles. The summed E-state index contributed by atoms with van der Waals surface area (Å²) in [7, 11) is 0. The molecule has 1 unspecified atom stereocenters. The molecule has 0 aliphatic carbocycles. The van der Waals surface area contributed by atoms with Gasteiger partial charge in [0.05, 0.1) is 17.5 Å². The number of H-pyrrole nitrogens is 1. The molecule has 0 bridgehead atoms. The summed E-state index contributed by atoms with van der Waals surface area (Å²) in [6.07, 6.45) is 1.81. The third-order valence-electron chi connectivity index (χ3n) is 4.59. The summed E-state index contributed by atoms with van der Waals surface area (Å²) in [6.45, 7) is 8.18. The van der Waals surface area contributed by atoms with Crippen LogP contribution in [0.3, 0.4) is 0 Å². The van der Waals surface area contributed by atoms with E-state index in [-0.39, 0.29) is 5.92 Å². The Hall–Kier alpha value is -2.05. The van der Waals surface area contributed by atoms with Gasteiger partial charge in [0.2, 0.25) is 0 Å². The van der Waals surface area contributed by atoms with Crippen LogP contribution in [0.4, 0.5) is 0 Å². The lowest BCUT2D eigenvalue weighted by molar-refractivity contribution is 0.0140. The first-order chi connectivity index (χ1) is 11.5. The van der Waals surface area contributed by atoms with Gasteiger partial charge in [0.1, 0.15) is 13.2 Å². The van der Waals surface area contributed by atoms with Gasteiger partial charge in [0.15, 0.2) is 11.5 Å². The summed E-state index contributed by atoms with van der Waals surface area (Å²) in [5, 5.41) is 20.9. The molecule has 1 aromatic carbocycles. The minimum atomic E-state index is -0.735. The van der Waals surface area contributed by atoms with Gasteiger partial charge in [-0.3, -0.25) is 5.10 Å². The predicted octanol–water partition coefficient (Wildman–Crippen LogP) is 2.34. The first-order valence-electron chi connectivity index (χ1n) is 8.33. The Bertz CT molecular complexity index is 695. The molecule has 1 aliphatic heterocycles. The molecular formula is C18H25N3O3. The van der Waals surface area contributed by atoms with Gasteiger partial charge in [-0.15, -0.1) is 0 Å². The van der Waals surface area contributed by atoms with Crippen LogP contribution in [0.1, 0.15) is 26.3 Å². The molecule has 3 N–H and O–H groups in total. The van der Waals surface area contributed by atoms with E-state index in [1.54, 1.807) is 0 Å². The Morgan fingerprint density at radius 1 is 1.29 bits per heavy atom. The maximum Gasteiger partial charge on any atom is 0.162 e. The van der Waals surface area contributed by atoms with Gasteiger partial charge < -0.3 is 19.9 Å². The van der Waals surface area contributed by atoms with Crippen LogP contribution in [0.25, 0.3) is 11.3 Å². The number of hydrogen-bond acceptors (Lipinski definition) is 5. The highest BCUT2D eigenvalue weighted by Crippen LogP contribution is 2.34. The fourth-order valence-electron chi connectivity index (χ4n) is 2.55. The van der Waals surface area contributed by atoms with E-state index >= 15 is 0 Å². The van der Waals surface area contributed by atoms with Crippen molar-refractivity contribution in [3.8, 4) is 22.8 Å². The van der Waals surface area contributed by atoms with Crippen molar-refractivity contribution < 1.29 is 14.6 Å². The lowest BCUT2D eigenvalue weighted by atomic mass is 9.92. The Morgan fingerprint density at radius 3 is 2.79 bits per heavy atom. The summed E-state index contributed by atoms with van der Waals surface area (Å²) in [5.41, 5.74) is 2.26. The summed E-state index contributed by atoms with van der Waals surface area (Å²) in [6, 6.07) is 5.88. The topological polar surface area (TPSA) is 79.4 Å². The molecule has 6 heteroatoms. The largest absolute Gasteiger partial charge is 0.486 e. The van der Waals surface area contributed by atoms with Crippen molar-refractivity contribution >= 4 is 0 Å². The zero-order valence-corrected chi connectivity index (χ0v) is 14.4. The minimum absolute atomic E-state index is 0.187. The molecule has 0 fully saturated rings. The van der Waals surface area contributed by atoms with E-state index in [0.29, 0.717) is 26.3 Å². The van der Waals surface area contributed by atoms with Crippen molar-refractivity contribution in [1.82, 2.24) is 15.5 Å². The molecule has 1 aromatic heterocycles. The number of aromatic nitrogens is 2. The van der Waals surface area contributed by atoms with Crippen molar-refractivity contribution in [2.45, 2.75) is 32.9 Å². The Kier molecular flexibility index (Phi) is 4.78. The number of rotatable bonds is 6. The second-order valence-electron chi connectivity index (χ2n) is 6.74. The predicted molar refractivity (Wildman–Crippen MR) is 92.2 cm³/mol. The van der Waals surface area contributed by atoms with E-state index in [0.717, 1.165) is 28.3 Å². The normalized spacial score (nSPS) is 16.2. The number of aromatic amines is 1. The minimum Gasteiger partial charge on any atom is -0.486 e. The lowest BCUT2D eigenvalue weighted by Gasteiger charge is -2.28. The highest BCUT2D eigenvalue weighted by Gasteiger charge is 2.24. The average Bonchev–Trinajstić information content (AvgIpc) is 3.02. The molecule has 2 heterocycles. The molecule has 0 radical (unpaired) electrons. The van der Waals surface area contributed by atoms with E-state index in [1.165, 1.54) is 0 Å². The van der Waals surface area contributed by atoms with E-state index in [9.17, 15) is 5.11 Å². The summed E-state index contributed by atoms with van der Waals surface area (Å²) in [4.78, 5) is 0. The van der Waals surface area contributed by atoms with E-state index in [4.69, 9.17) is 9.47 Å². The smallest absolute Gasteiger partial charge is 0.162 e. The van der Waals surface area contributed by atoms with Crippen LogP contribution in [0, 0.1) is 5.92 Å². The van der Waals surface area contributed by atoms with Crippen molar-refractivity contribution in [1.29, 1.82) is 0 Å². The summed E-state index contributed by atoms with van der Waals surface area (Å²) < 4.78 is 11.2. The van der Waals surface area contributed by atoms with Crippen LogP contribution in [0.5, 0.6) is 11.5 Å². The standard InChI is InChI=1S/C18H25N3O3/c1-12(2)18(3,22)11-19-9-14-10-20-21-17(14)13-4-5-15-16(8-13)24-7-6-23-15/h4-5,8,10,12,19,22H,6-7,9,11H2,1-3H3,(H,20,21). The molecule has 0 saturated carbocycles. The quantitative estimate of drug-likeness (QED) is 0.757. The first kappa shape index (κ1) is 16.8. The second kappa shape index (κ2) is 6.83. The number of aliphatic hydroxyl groups is 1. The van der Waals surface area contributed by atoms with Crippen molar-refractivity contribution in [2.24, 2.45) is 5.92 Å². The molecule has 24 heavy (non-hydrogen) atoms. The number of ether oxygens (including phenoxy) is 2. The SMILES string of the molecule is CC(C)C(C)(O)CNCc1cn[nH]c1-c1ccc2c(c1)OCCO2. The van der Waals surface area contributed by atoms with Crippen molar-refractivity contribution in [3.05, 3.63) is 30.0 Å². The van der Waals surface area contributed by atoms with Gasteiger partial charge in [0, 0.05) is 24.2 Å². The molecule has 0 spiro atoms. The van der Waals surface area contributed by atoms with E-state index < -0.39 is 5.60 Å². The highest BCUT2D eigenvalue weighted by molar-refractivity contribution is 5.66. The highest BCUT2D eigenvalue weighted by atomic mass is 16.6. The third-order valence-corrected chi connectivity index (χ3v) is 4.59. The second-order valence-corrected chi connectivity index (χ2v) is 6.74. The Morgan fingerprint density at radius 2 is 2.04 bits per heavy atom. The molecule has 6 nitrogen and oxygen atoms in total. The number of benzene rings is 1. The zero-order chi connectivity index (χ0) is 17.2. The monoisotopic (exact) mass is 331 g/mol. The fourth-order valence-corrected chi connectivity index (χ4v) is 2.55.